The second kappa shape index (κ2) is 8.44. The van der Waals surface area contributed by atoms with Crippen molar-refractivity contribution in [1.82, 2.24) is 20.4 Å². The lowest BCUT2D eigenvalue weighted by Crippen LogP contribution is -2.55. The second-order valence-corrected chi connectivity index (χ2v) is 8.69. The Balaban J connectivity index is 1.34. The Morgan fingerprint density at radius 3 is 2.70 bits per heavy atom. The molecule has 1 aromatic heterocycles. The maximum atomic E-state index is 13.3. The molecule has 0 unspecified atom stereocenters. The molecule has 3 heterocycles. The van der Waals surface area contributed by atoms with Crippen molar-refractivity contribution in [3.63, 3.8) is 0 Å². The number of carbonyl (C=O) groups is 2. The molecule has 33 heavy (non-hydrogen) atoms. The Morgan fingerprint density at radius 2 is 1.97 bits per heavy atom. The molecular formula is C22H23F3N4O4. The molecule has 0 bridgehead atoms. The van der Waals surface area contributed by atoms with E-state index >= 15 is 0 Å². The molecule has 3 atom stereocenters. The third-order valence-corrected chi connectivity index (χ3v) is 6.55. The largest absolute Gasteiger partial charge is 0.471 e. The summed E-state index contributed by atoms with van der Waals surface area (Å²) in [4.78, 5) is 31.0. The third-order valence-electron chi connectivity index (χ3n) is 6.55. The van der Waals surface area contributed by atoms with Crippen molar-refractivity contribution in [2.45, 2.75) is 69.4 Å². The van der Waals surface area contributed by atoms with Crippen LogP contribution in [0.2, 0.25) is 0 Å². The van der Waals surface area contributed by atoms with Crippen LogP contribution >= 0.6 is 0 Å². The van der Waals surface area contributed by atoms with Crippen LogP contribution < -0.4 is 5.32 Å². The standard InChI is InChI=1S/C22H23F3N4O4/c23-22(24,25)21-27-18(28-33-21)12-7-8-13-11-29(20(31)14(13)10-12)16-5-2-1-4-15(16)26-19(30)17-6-3-9-32-17/h7-8,10,15-17H,1-6,9,11H2,(H,26,30)/t15-,16-,17-/m0/s1. The molecule has 2 aromatic rings. The number of alkyl halides is 3. The highest BCUT2D eigenvalue weighted by Crippen LogP contribution is 2.34. The molecule has 1 aliphatic carbocycles. The fourth-order valence-corrected chi connectivity index (χ4v) is 4.90. The maximum Gasteiger partial charge on any atom is 0.471 e. The first kappa shape index (κ1) is 21.9. The van der Waals surface area contributed by atoms with Gasteiger partial charge in [0, 0.05) is 30.3 Å². The number of aromatic nitrogens is 2. The van der Waals surface area contributed by atoms with Crippen molar-refractivity contribution in [2.75, 3.05) is 6.61 Å². The zero-order chi connectivity index (χ0) is 23.2. The van der Waals surface area contributed by atoms with Crippen LogP contribution in [0.5, 0.6) is 0 Å². The normalized spacial score (nSPS) is 25.4. The molecule has 0 spiro atoms. The summed E-state index contributed by atoms with van der Waals surface area (Å²) in [5.74, 6) is -2.00. The number of hydrogen-bond donors (Lipinski definition) is 1. The lowest BCUT2D eigenvalue weighted by Gasteiger charge is -2.38. The van der Waals surface area contributed by atoms with E-state index in [1.54, 1.807) is 17.0 Å². The number of halogens is 3. The molecule has 5 rings (SSSR count). The average Bonchev–Trinajstić information content (AvgIpc) is 3.54. The van der Waals surface area contributed by atoms with Gasteiger partial charge in [0.25, 0.3) is 5.91 Å². The van der Waals surface area contributed by atoms with E-state index in [0.717, 1.165) is 37.7 Å². The molecule has 8 nitrogen and oxygen atoms in total. The van der Waals surface area contributed by atoms with Gasteiger partial charge in [0.2, 0.25) is 11.7 Å². The quantitative estimate of drug-likeness (QED) is 0.746. The Kier molecular flexibility index (Phi) is 5.59. The van der Waals surface area contributed by atoms with Crippen LogP contribution in [-0.2, 0) is 22.3 Å². The minimum atomic E-state index is -4.74. The first-order valence-corrected chi connectivity index (χ1v) is 11.1. The summed E-state index contributed by atoms with van der Waals surface area (Å²) in [6, 6.07) is 4.47. The van der Waals surface area contributed by atoms with E-state index in [2.05, 4.69) is 20.0 Å². The van der Waals surface area contributed by atoms with Gasteiger partial charge in [-0.25, -0.2) is 0 Å². The van der Waals surface area contributed by atoms with Crippen LogP contribution in [0.3, 0.4) is 0 Å². The zero-order valence-corrected chi connectivity index (χ0v) is 17.7. The van der Waals surface area contributed by atoms with Crippen molar-refractivity contribution in [2.24, 2.45) is 0 Å². The first-order valence-electron chi connectivity index (χ1n) is 11.1. The van der Waals surface area contributed by atoms with E-state index < -0.39 is 18.2 Å². The Morgan fingerprint density at radius 1 is 1.15 bits per heavy atom. The summed E-state index contributed by atoms with van der Waals surface area (Å²) in [5, 5.41) is 6.50. The molecule has 2 fully saturated rings. The van der Waals surface area contributed by atoms with Crippen molar-refractivity contribution in [1.29, 1.82) is 0 Å². The van der Waals surface area contributed by atoms with Gasteiger partial charge in [-0.1, -0.05) is 30.1 Å². The predicted octanol–water partition coefficient (Wildman–Crippen LogP) is 3.32. The van der Waals surface area contributed by atoms with E-state index in [4.69, 9.17) is 4.74 Å². The Bertz CT molecular complexity index is 1060. The van der Waals surface area contributed by atoms with Gasteiger partial charge in [-0.05, 0) is 37.3 Å². The number of nitrogens with one attached hydrogen (secondary N) is 1. The van der Waals surface area contributed by atoms with Gasteiger partial charge in [0.1, 0.15) is 6.10 Å². The van der Waals surface area contributed by atoms with Gasteiger partial charge in [-0.3, -0.25) is 9.59 Å². The number of nitrogens with zero attached hydrogens (tertiary/aromatic N) is 3. The number of ether oxygens (including phenoxy) is 1. The first-order chi connectivity index (χ1) is 15.8. The zero-order valence-electron chi connectivity index (χ0n) is 17.7. The van der Waals surface area contributed by atoms with Gasteiger partial charge in [0.15, 0.2) is 0 Å². The fourth-order valence-electron chi connectivity index (χ4n) is 4.90. The summed E-state index contributed by atoms with van der Waals surface area (Å²) in [5.41, 5.74) is 1.45. The van der Waals surface area contributed by atoms with E-state index in [9.17, 15) is 22.8 Å². The molecule has 0 radical (unpaired) electrons. The molecular weight excluding hydrogens is 441 g/mol. The van der Waals surface area contributed by atoms with E-state index in [1.165, 1.54) is 6.07 Å². The Labute approximate surface area is 187 Å². The van der Waals surface area contributed by atoms with Gasteiger partial charge in [-0.15, -0.1) is 0 Å². The van der Waals surface area contributed by atoms with Crippen LogP contribution in [0.15, 0.2) is 22.7 Å². The monoisotopic (exact) mass is 464 g/mol. The molecule has 1 aromatic carbocycles. The summed E-state index contributed by atoms with van der Waals surface area (Å²) in [7, 11) is 0. The molecule has 2 aliphatic heterocycles. The minimum absolute atomic E-state index is 0.131. The van der Waals surface area contributed by atoms with E-state index in [1.807, 2.05) is 0 Å². The molecule has 1 saturated carbocycles. The SMILES string of the molecule is O=C(N[C@H]1CCCC[C@@H]1N1Cc2ccc(-c3noc(C(F)(F)F)n3)cc2C1=O)[C@@H]1CCCO1. The van der Waals surface area contributed by atoms with Crippen molar-refractivity contribution in [3.05, 3.63) is 35.2 Å². The molecule has 3 aliphatic rings. The summed E-state index contributed by atoms with van der Waals surface area (Å²) in [6.07, 6.45) is -0.153. The van der Waals surface area contributed by atoms with Gasteiger partial charge >= 0.3 is 12.1 Å². The van der Waals surface area contributed by atoms with Crippen LogP contribution in [-0.4, -0.2) is 51.6 Å². The summed E-state index contributed by atoms with van der Waals surface area (Å²) in [6.45, 7) is 0.963. The molecule has 1 N–H and O–H groups in total. The van der Waals surface area contributed by atoms with Crippen molar-refractivity contribution >= 4 is 11.8 Å². The predicted molar refractivity (Wildman–Crippen MR) is 108 cm³/mol. The Hall–Kier alpha value is -2.95. The summed E-state index contributed by atoms with van der Waals surface area (Å²) < 4.78 is 48.2. The molecule has 11 heteroatoms. The maximum absolute atomic E-state index is 13.3. The average molecular weight is 464 g/mol. The van der Waals surface area contributed by atoms with Crippen LogP contribution in [0.25, 0.3) is 11.4 Å². The number of fused-ring (bicyclic) bond motifs is 1. The van der Waals surface area contributed by atoms with Crippen LogP contribution in [0, 0.1) is 0 Å². The highest BCUT2D eigenvalue weighted by atomic mass is 19.4. The minimum Gasteiger partial charge on any atom is -0.368 e. The van der Waals surface area contributed by atoms with Gasteiger partial charge < -0.3 is 19.5 Å². The van der Waals surface area contributed by atoms with E-state index in [0.29, 0.717) is 25.1 Å². The number of amides is 2. The topological polar surface area (TPSA) is 97.6 Å². The van der Waals surface area contributed by atoms with Crippen molar-refractivity contribution in [3.8, 4) is 11.4 Å². The molecule has 1 saturated heterocycles. The smallest absolute Gasteiger partial charge is 0.368 e. The lowest BCUT2D eigenvalue weighted by molar-refractivity contribution is -0.159. The lowest BCUT2D eigenvalue weighted by atomic mass is 9.89. The highest BCUT2D eigenvalue weighted by molar-refractivity contribution is 5.99. The highest BCUT2D eigenvalue weighted by Gasteiger charge is 2.41. The van der Waals surface area contributed by atoms with Gasteiger partial charge in [0.05, 0.1) is 6.04 Å². The van der Waals surface area contributed by atoms with Crippen LogP contribution in [0.1, 0.15) is 60.3 Å². The number of rotatable bonds is 4. The molecule has 176 valence electrons. The third kappa shape index (κ3) is 4.21. The second-order valence-electron chi connectivity index (χ2n) is 8.69. The number of benzene rings is 1. The van der Waals surface area contributed by atoms with Gasteiger partial charge in [-0.2, -0.15) is 18.2 Å². The van der Waals surface area contributed by atoms with E-state index in [-0.39, 0.29) is 35.3 Å². The van der Waals surface area contributed by atoms with Crippen LogP contribution in [0.4, 0.5) is 13.2 Å². The molecule has 2 amide bonds. The van der Waals surface area contributed by atoms with Crippen molar-refractivity contribution < 1.29 is 32.0 Å². The summed E-state index contributed by atoms with van der Waals surface area (Å²) >= 11 is 0. The number of hydrogen-bond acceptors (Lipinski definition) is 6. The number of carbonyl (C=O) groups excluding carboxylic acids is 2. The fraction of sp³-hybridized carbons (Fsp3) is 0.545.